The summed E-state index contributed by atoms with van der Waals surface area (Å²) in [5.74, 6) is 0.0751. The lowest BCUT2D eigenvalue weighted by Gasteiger charge is -2.23. The minimum absolute atomic E-state index is 0.0485. The highest BCUT2D eigenvalue weighted by Gasteiger charge is 2.25. The number of benzene rings is 1. The van der Waals surface area contributed by atoms with Gasteiger partial charge >= 0.3 is 0 Å². The van der Waals surface area contributed by atoms with Crippen LogP contribution in [-0.2, 0) is 27.4 Å². The number of hydrogen-bond donors (Lipinski definition) is 1. The molecule has 0 spiro atoms. The zero-order valence-electron chi connectivity index (χ0n) is 16.0. The van der Waals surface area contributed by atoms with Crippen LogP contribution in [0.3, 0.4) is 0 Å². The van der Waals surface area contributed by atoms with E-state index in [1.807, 2.05) is 40.1 Å². The number of amides is 1. The summed E-state index contributed by atoms with van der Waals surface area (Å²) in [7, 11) is 4.09. The molecular weight excluding hydrogens is 316 g/mol. The molecule has 1 aromatic rings. The van der Waals surface area contributed by atoms with E-state index < -0.39 is 6.10 Å². The summed E-state index contributed by atoms with van der Waals surface area (Å²) in [6.45, 7) is 6.70. The van der Waals surface area contributed by atoms with Crippen LogP contribution in [0.5, 0.6) is 0 Å². The van der Waals surface area contributed by atoms with Crippen molar-refractivity contribution in [1.82, 2.24) is 10.2 Å². The number of ether oxygens (including phenoxy) is 2. The minimum atomic E-state index is -0.440. The van der Waals surface area contributed by atoms with E-state index in [0.717, 1.165) is 31.6 Å². The lowest BCUT2D eigenvalue weighted by molar-refractivity contribution is -0.138. The number of nitrogens with zero attached hydrogens (tertiary/aromatic N) is 1. The molecule has 1 aliphatic rings. The number of hydrogen-bond acceptors (Lipinski definition) is 4. The second-order valence-corrected chi connectivity index (χ2v) is 7.36. The number of carbonyl (C=O) groups is 1. The Morgan fingerprint density at radius 3 is 2.64 bits per heavy atom. The van der Waals surface area contributed by atoms with E-state index in [0.29, 0.717) is 13.2 Å². The van der Waals surface area contributed by atoms with Gasteiger partial charge in [-0.2, -0.15) is 0 Å². The van der Waals surface area contributed by atoms with Gasteiger partial charge in [0, 0.05) is 19.7 Å². The third kappa shape index (κ3) is 6.42. The average molecular weight is 348 g/mol. The number of nitrogens with one attached hydrogen (secondary N) is 1. The topological polar surface area (TPSA) is 50.8 Å². The van der Waals surface area contributed by atoms with E-state index in [1.54, 1.807) is 0 Å². The molecule has 1 aliphatic heterocycles. The fourth-order valence-corrected chi connectivity index (χ4v) is 3.07. The molecule has 5 nitrogen and oxygen atoms in total. The highest BCUT2D eigenvalue weighted by molar-refractivity contribution is 5.81. The summed E-state index contributed by atoms with van der Waals surface area (Å²) in [5.41, 5.74) is 2.38. The first-order valence-corrected chi connectivity index (χ1v) is 9.19. The van der Waals surface area contributed by atoms with E-state index in [2.05, 4.69) is 22.3 Å². The standard InChI is InChI=1S/C20H32N2O3/c1-15(2)19(25-14-18-10-7-11-24-18)20(23)21-12-16-8-5-6-9-17(16)13-22(3)4/h5-6,8-9,15,18-19H,7,10-14H2,1-4H3,(H,21,23)/t18-,19+/m1/s1. The Hall–Kier alpha value is -1.43. The molecule has 1 aromatic carbocycles. The Morgan fingerprint density at radius 1 is 1.32 bits per heavy atom. The monoisotopic (exact) mass is 348 g/mol. The molecule has 2 atom stereocenters. The lowest BCUT2D eigenvalue weighted by atomic mass is 10.0. The van der Waals surface area contributed by atoms with E-state index in [-0.39, 0.29) is 17.9 Å². The molecule has 0 unspecified atom stereocenters. The summed E-state index contributed by atoms with van der Waals surface area (Å²) in [6.07, 6.45) is 1.79. The van der Waals surface area contributed by atoms with Crippen molar-refractivity contribution in [1.29, 1.82) is 0 Å². The smallest absolute Gasteiger partial charge is 0.249 e. The van der Waals surface area contributed by atoms with Crippen molar-refractivity contribution in [3.8, 4) is 0 Å². The zero-order valence-corrected chi connectivity index (χ0v) is 16.0. The summed E-state index contributed by atoms with van der Waals surface area (Å²) in [4.78, 5) is 14.7. The molecular formula is C20H32N2O3. The molecule has 25 heavy (non-hydrogen) atoms. The number of rotatable bonds is 9. The van der Waals surface area contributed by atoms with Crippen LogP contribution in [0, 0.1) is 5.92 Å². The summed E-state index contributed by atoms with van der Waals surface area (Å²) < 4.78 is 11.5. The van der Waals surface area contributed by atoms with Gasteiger partial charge in [0.05, 0.1) is 12.7 Å². The van der Waals surface area contributed by atoms with Crippen LogP contribution in [-0.4, -0.2) is 50.3 Å². The highest BCUT2D eigenvalue weighted by Crippen LogP contribution is 2.16. The quantitative estimate of drug-likeness (QED) is 0.745. The SMILES string of the molecule is CC(C)[C@H](OC[C@H]1CCCO1)C(=O)NCc1ccccc1CN(C)C. The summed E-state index contributed by atoms with van der Waals surface area (Å²) >= 11 is 0. The molecule has 1 heterocycles. The zero-order chi connectivity index (χ0) is 18.2. The van der Waals surface area contributed by atoms with Gasteiger partial charge in [-0.1, -0.05) is 38.1 Å². The van der Waals surface area contributed by atoms with Gasteiger partial charge in [-0.25, -0.2) is 0 Å². The summed E-state index contributed by atoms with van der Waals surface area (Å²) in [5, 5.41) is 3.05. The fraction of sp³-hybridized carbons (Fsp3) is 0.650. The average Bonchev–Trinajstić information content (AvgIpc) is 3.07. The largest absolute Gasteiger partial charge is 0.376 e. The van der Waals surface area contributed by atoms with Gasteiger partial charge in [0.15, 0.2) is 0 Å². The van der Waals surface area contributed by atoms with Crippen molar-refractivity contribution in [3.63, 3.8) is 0 Å². The predicted molar refractivity (Wildman–Crippen MR) is 99.2 cm³/mol. The highest BCUT2D eigenvalue weighted by atomic mass is 16.5. The maximum Gasteiger partial charge on any atom is 0.249 e. The Labute approximate surface area is 151 Å². The molecule has 140 valence electrons. The maximum atomic E-state index is 12.6. The van der Waals surface area contributed by atoms with Crippen molar-refractivity contribution in [3.05, 3.63) is 35.4 Å². The van der Waals surface area contributed by atoms with Crippen LogP contribution in [0.1, 0.15) is 37.8 Å². The Morgan fingerprint density at radius 2 is 2.04 bits per heavy atom. The first-order valence-electron chi connectivity index (χ1n) is 9.19. The molecule has 0 saturated carbocycles. The first kappa shape index (κ1) is 19.9. The third-order valence-corrected chi connectivity index (χ3v) is 4.41. The molecule has 0 aliphatic carbocycles. The van der Waals surface area contributed by atoms with Crippen molar-refractivity contribution in [2.75, 3.05) is 27.3 Å². The van der Waals surface area contributed by atoms with Gasteiger partial charge in [0.25, 0.3) is 0 Å². The third-order valence-electron chi connectivity index (χ3n) is 4.41. The molecule has 1 N–H and O–H groups in total. The van der Waals surface area contributed by atoms with E-state index in [9.17, 15) is 4.79 Å². The Kier molecular flexibility index (Phi) is 7.88. The maximum absolute atomic E-state index is 12.6. The lowest BCUT2D eigenvalue weighted by Crippen LogP contribution is -2.40. The number of carbonyl (C=O) groups excluding carboxylic acids is 1. The van der Waals surface area contributed by atoms with E-state index in [1.165, 1.54) is 5.56 Å². The van der Waals surface area contributed by atoms with Crippen LogP contribution in [0.4, 0.5) is 0 Å². The van der Waals surface area contributed by atoms with Crippen LogP contribution >= 0.6 is 0 Å². The van der Waals surface area contributed by atoms with E-state index in [4.69, 9.17) is 9.47 Å². The van der Waals surface area contributed by atoms with Gasteiger partial charge in [-0.3, -0.25) is 4.79 Å². The molecule has 1 amide bonds. The van der Waals surface area contributed by atoms with Crippen LogP contribution < -0.4 is 5.32 Å². The molecule has 0 bridgehead atoms. The second-order valence-electron chi connectivity index (χ2n) is 7.36. The Bertz CT molecular complexity index is 539. The fourth-order valence-electron chi connectivity index (χ4n) is 3.07. The van der Waals surface area contributed by atoms with Crippen LogP contribution in [0.15, 0.2) is 24.3 Å². The molecule has 1 saturated heterocycles. The molecule has 0 aromatic heterocycles. The van der Waals surface area contributed by atoms with Crippen molar-refractivity contribution in [2.24, 2.45) is 5.92 Å². The van der Waals surface area contributed by atoms with Crippen LogP contribution in [0.25, 0.3) is 0 Å². The van der Waals surface area contributed by atoms with Crippen molar-refractivity contribution < 1.29 is 14.3 Å². The molecule has 0 radical (unpaired) electrons. The molecule has 1 fully saturated rings. The van der Waals surface area contributed by atoms with Gasteiger partial charge in [-0.05, 0) is 44.0 Å². The second kappa shape index (κ2) is 9.90. The predicted octanol–water partition coefficient (Wildman–Crippen LogP) is 2.58. The van der Waals surface area contributed by atoms with Gasteiger partial charge < -0.3 is 19.7 Å². The van der Waals surface area contributed by atoms with Crippen molar-refractivity contribution >= 4 is 5.91 Å². The van der Waals surface area contributed by atoms with Gasteiger partial charge in [-0.15, -0.1) is 0 Å². The molecule has 2 rings (SSSR count). The van der Waals surface area contributed by atoms with Gasteiger partial charge in [0.1, 0.15) is 6.10 Å². The first-order chi connectivity index (χ1) is 12.0. The minimum Gasteiger partial charge on any atom is -0.376 e. The summed E-state index contributed by atoms with van der Waals surface area (Å²) in [6, 6.07) is 8.21. The van der Waals surface area contributed by atoms with Gasteiger partial charge in [0.2, 0.25) is 5.91 Å². The molecule has 5 heteroatoms. The van der Waals surface area contributed by atoms with E-state index >= 15 is 0 Å². The van der Waals surface area contributed by atoms with Crippen molar-refractivity contribution in [2.45, 2.75) is 52.0 Å². The van der Waals surface area contributed by atoms with Crippen LogP contribution in [0.2, 0.25) is 0 Å². The normalized spacial score (nSPS) is 18.7. The Balaban J connectivity index is 1.90.